The first kappa shape index (κ1) is 21.0. The molecular formula is C25H22N4O4S. The highest BCUT2D eigenvalue weighted by atomic mass is 32.1. The van der Waals surface area contributed by atoms with E-state index in [2.05, 4.69) is 20.2 Å². The summed E-state index contributed by atoms with van der Waals surface area (Å²) < 4.78 is 18.1. The van der Waals surface area contributed by atoms with Crippen molar-refractivity contribution in [2.75, 3.05) is 44.8 Å². The molecule has 0 bridgehead atoms. The Kier molecular flexibility index (Phi) is 5.58. The van der Waals surface area contributed by atoms with E-state index < -0.39 is 0 Å². The average molecular weight is 475 g/mol. The first-order chi connectivity index (χ1) is 16.7. The monoisotopic (exact) mass is 474 g/mol. The largest absolute Gasteiger partial charge is 0.492 e. The number of nitrogens with zero attached hydrogens (tertiary/aromatic N) is 3. The molecule has 172 valence electrons. The van der Waals surface area contributed by atoms with Crippen molar-refractivity contribution in [2.45, 2.75) is 0 Å². The molecule has 8 nitrogen and oxygen atoms in total. The zero-order valence-corrected chi connectivity index (χ0v) is 19.1. The van der Waals surface area contributed by atoms with E-state index >= 15 is 0 Å². The molecule has 0 saturated carbocycles. The number of anilines is 1. The van der Waals surface area contributed by atoms with Crippen molar-refractivity contribution in [2.24, 2.45) is 0 Å². The maximum absolute atomic E-state index is 12.8. The van der Waals surface area contributed by atoms with E-state index in [1.807, 2.05) is 42.5 Å². The Bertz CT molecular complexity index is 1490. The molecule has 6 rings (SSSR count). The summed E-state index contributed by atoms with van der Waals surface area (Å²) in [6.45, 7) is 4.98. The van der Waals surface area contributed by atoms with E-state index in [1.54, 1.807) is 11.6 Å². The summed E-state index contributed by atoms with van der Waals surface area (Å²) in [6.07, 6.45) is 0. The lowest BCUT2D eigenvalue weighted by Crippen LogP contribution is -2.38. The van der Waals surface area contributed by atoms with Crippen LogP contribution in [0.2, 0.25) is 0 Å². The molecule has 1 N–H and O–H groups in total. The third-order valence-corrected chi connectivity index (χ3v) is 6.72. The zero-order chi connectivity index (χ0) is 22.9. The molecule has 1 amide bonds. The number of hydrogen-bond donors (Lipinski definition) is 1. The Morgan fingerprint density at radius 2 is 1.94 bits per heavy atom. The van der Waals surface area contributed by atoms with E-state index in [1.165, 1.54) is 11.3 Å². The van der Waals surface area contributed by atoms with Crippen molar-refractivity contribution in [3.8, 4) is 5.75 Å². The van der Waals surface area contributed by atoms with Crippen LogP contribution in [0, 0.1) is 0 Å². The van der Waals surface area contributed by atoms with Crippen molar-refractivity contribution in [3.05, 3.63) is 59.6 Å². The lowest BCUT2D eigenvalue weighted by Gasteiger charge is -2.26. The fraction of sp³-hybridized carbons (Fsp3) is 0.240. The van der Waals surface area contributed by atoms with Crippen molar-refractivity contribution in [1.82, 2.24) is 14.9 Å². The minimum Gasteiger partial charge on any atom is -0.492 e. The topological polar surface area (TPSA) is 89.7 Å². The van der Waals surface area contributed by atoms with Gasteiger partial charge in [0.25, 0.3) is 5.91 Å². The second-order valence-electron chi connectivity index (χ2n) is 8.11. The van der Waals surface area contributed by atoms with Crippen LogP contribution in [-0.4, -0.2) is 60.2 Å². The first-order valence-electron chi connectivity index (χ1n) is 11.1. The number of aromatic nitrogens is 2. The number of oxazole rings is 1. The number of benzene rings is 3. The molecule has 3 aromatic carbocycles. The van der Waals surface area contributed by atoms with Gasteiger partial charge in [0.05, 0.1) is 23.4 Å². The fourth-order valence-corrected chi connectivity index (χ4v) is 4.78. The molecule has 0 spiro atoms. The number of rotatable bonds is 6. The van der Waals surface area contributed by atoms with Crippen LogP contribution in [0.1, 0.15) is 10.4 Å². The maximum Gasteiger partial charge on any atom is 0.302 e. The van der Waals surface area contributed by atoms with Crippen molar-refractivity contribution in [3.63, 3.8) is 0 Å². The van der Waals surface area contributed by atoms with Gasteiger partial charge in [0.1, 0.15) is 23.4 Å². The second kappa shape index (κ2) is 9.02. The predicted octanol–water partition coefficient (Wildman–Crippen LogP) is 4.55. The van der Waals surface area contributed by atoms with Crippen LogP contribution in [0.4, 0.5) is 6.01 Å². The van der Waals surface area contributed by atoms with Gasteiger partial charge in [0.2, 0.25) is 0 Å². The van der Waals surface area contributed by atoms with E-state index in [4.69, 9.17) is 13.9 Å². The molecule has 1 aliphatic rings. The van der Waals surface area contributed by atoms with Gasteiger partial charge in [-0.1, -0.05) is 12.1 Å². The first-order valence-corrected chi connectivity index (χ1v) is 12.0. The highest BCUT2D eigenvalue weighted by molar-refractivity contribution is 7.16. The summed E-state index contributed by atoms with van der Waals surface area (Å²) in [4.78, 5) is 23.9. The molecule has 0 radical (unpaired) electrons. The van der Waals surface area contributed by atoms with Gasteiger partial charge in [-0.05, 0) is 47.2 Å². The zero-order valence-electron chi connectivity index (χ0n) is 18.3. The summed E-state index contributed by atoms with van der Waals surface area (Å²) in [5.74, 6) is 0.534. The van der Waals surface area contributed by atoms with E-state index in [-0.39, 0.29) is 11.9 Å². The molecule has 0 unspecified atom stereocenters. The minimum atomic E-state index is -0.284. The maximum atomic E-state index is 12.8. The molecule has 34 heavy (non-hydrogen) atoms. The van der Waals surface area contributed by atoms with Gasteiger partial charge in [-0.25, -0.2) is 4.98 Å². The number of ether oxygens (including phenoxy) is 2. The normalized spacial score (nSPS) is 14.7. The summed E-state index contributed by atoms with van der Waals surface area (Å²) in [5, 5.41) is 4.72. The van der Waals surface area contributed by atoms with Gasteiger partial charge in [0, 0.05) is 25.2 Å². The van der Waals surface area contributed by atoms with Gasteiger partial charge in [-0.2, -0.15) is 4.98 Å². The smallest absolute Gasteiger partial charge is 0.302 e. The van der Waals surface area contributed by atoms with Gasteiger partial charge in [-0.3, -0.25) is 15.0 Å². The molecule has 3 heterocycles. The number of amides is 1. The van der Waals surface area contributed by atoms with Gasteiger partial charge in [0.15, 0.2) is 5.58 Å². The van der Waals surface area contributed by atoms with E-state index in [0.29, 0.717) is 23.3 Å². The van der Waals surface area contributed by atoms with Crippen LogP contribution in [0.15, 0.2) is 58.5 Å². The molecule has 0 atom stereocenters. The van der Waals surface area contributed by atoms with Crippen molar-refractivity contribution in [1.29, 1.82) is 0 Å². The Balaban J connectivity index is 1.14. The molecule has 1 saturated heterocycles. The quantitative estimate of drug-likeness (QED) is 0.386. The lowest BCUT2D eigenvalue weighted by atomic mass is 10.1. The van der Waals surface area contributed by atoms with Crippen LogP contribution in [-0.2, 0) is 4.74 Å². The average Bonchev–Trinajstić information content (AvgIpc) is 3.50. The Morgan fingerprint density at radius 1 is 1.09 bits per heavy atom. The van der Waals surface area contributed by atoms with Crippen molar-refractivity contribution < 1.29 is 18.7 Å². The summed E-state index contributed by atoms with van der Waals surface area (Å²) in [7, 11) is 0. The summed E-state index contributed by atoms with van der Waals surface area (Å²) >= 11 is 1.53. The molecular weight excluding hydrogens is 452 g/mol. The van der Waals surface area contributed by atoms with Crippen LogP contribution < -0.4 is 10.1 Å². The number of fused-ring (bicyclic) bond motifs is 4. The van der Waals surface area contributed by atoms with Gasteiger partial charge in [-0.15, -0.1) is 11.3 Å². The third-order valence-electron chi connectivity index (χ3n) is 5.93. The number of thiazole rings is 1. The molecule has 1 fully saturated rings. The molecule has 2 aromatic heterocycles. The molecule has 9 heteroatoms. The van der Waals surface area contributed by atoms with Crippen molar-refractivity contribution >= 4 is 55.3 Å². The SMILES string of the molecule is O=C(Nc1nc2ccc3scnc3c2o1)c1ccc2cc(OCCN3CCOCC3)ccc2c1. The van der Waals surface area contributed by atoms with Crippen LogP contribution in [0.25, 0.3) is 32.1 Å². The van der Waals surface area contributed by atoms with Gasteiger partial charge < -0.3 is 13.9 Å². The van der Waals surface area contributed by atoms with Crippen LogP contribution in [0.3, 0.4) is 0 Å². The highest BCUT2D eigenvalue weighted by Gasteiger charge is 2.15. The number of carbonyl (C=O) groups excluding carboxylic acids is 1. The van der Waals surface area contributed by atoms with Crippen LogP contribution >= 0.6 is 11.3 Å². The Labute approximate surface area is 199 Å². The fourth-order valence-electron chi connectivity index (χ4n) is 4.11. The Hall–Kier alpha value is -3.53. The van der Waals surface area contributed by atoms with Gasteiger partial charge >= 0.3 is 6.01 Å². The summed E-state index contributed by atoms with van der Waals surface area (Å²) in [5.41, 5.74) is 4.28. The molecule has 5 aromatic rings. The lowest BCUT2D eigenvalue weighted by molar-refractivity contribution is 0.0322. The molecule has 0 aliphatic carbocycles. The highest BCUT2D eigenvalue weighted by Crippen LogP contribution is 2.29. The standard InChI is InChI=1S/C25H22N4O4S/c30-24(28-25-27-20-5-6-21-22(23(20)33-25)26-15-34-21)18-2-1-17-14-19(4-3-16(17)13-18)32-12-9-29-7-10-31-11-8-29/h1-6,13-15H,7-12H2,(H,27,28,30). The van der Waals surface area contributed by atoms with E-state index in [9.17, 15) is 4.79 Å². The molecule has 1 aliphatic heterocycles. The second-order valence-corrected chi connectivity index (χ2v) is 9.00. The van der Waals surface area contributed by atoms with E-state index in [0.717, 1.165) is 59.6 Å². The minimum absolute atomic E-state index is 0.157. The third kappa shape index (κ3) is 4.21. The number of nitrogens with one attached hydrogen (secondary N) is 1. The number of carbonyl (C=O) groups is 1. The predicted molar refractivity (Wildman–Crippen MR) is 132 cm³/mol. The number of hydrogen-bond acceptors (Lipinski definition) is 8. The number of morpholine rings is 1. The summed E-state index contributed by atoms with van der Waals surface area (Å²) in [6, 6.07) is 15.4. The van der Waals surface area contributed by atoms with Crippen LogP contribution in [0.5, 0.6) is 5.75 Å². The Morgan fingerprint density at radius 3 is 2.85 bits per heavy atom.